The lowest BCUT2D eigenvalue weighted by Crippen LogP contribution is -2.33. The second-order valence-corrected chi connectivity index (χ2v) is 3.47. The van der Waals surface area contributed by atoms with Crippen LogP contribution in [0.15, 0.2) is 24.3 Å². The molecule has 1 aromatic rings. The van der Waals surface area contributed by atoms with E-state index in [4.69, 9.17) is 5.11 Å². The predicted octanol–water partition coefficient (Wildman–Crippen LogP) is 1.43. The zero-order valence-electron chi connectivity index (χ0n) is 8.53. The van der Waals surface area contributed by atoms with Crippen molar-refractivity contribution in [3.8, 4) is 0 Å². The summed E-state index contributed by atoms with van der Waals surface area (Å²) in [7, 11) is 0. The molecule has 0 amide bonds. The fourth-order valence-corrected chi connectivity index (χ4v) is 1.33. The van der Waals surface area contributed by atoms with Gasteiger partial charge in [0.15, 0.2) is 0 Å². The van der Waals surface area contributed by atoms with E-state index in [2.05, 4.69) is 5.32 Å². The van der Waals surface area contributed by atoms with Crippen molar-refractivity contribution in [1.29, 1.82) is 0 Å². The van der Waals surface area contributed by atoms with Crippen molar-refractivity contribution in [2.24, 2.45) is 0 Å². The Hall–Kier alpha value is -1.42. The number of hydrogen-bond donors (Lipinski definition) is 2. The highest BCUT2D eigenvalue weighted by Crippen LogP contribution is 2.08. The lowest BCUT2D eigenvalue weighted by atomic mass is 10.1. The molecule has 2 N–H and O–H groups in total. The van der Waals surface area contributed by atoms with E-state index in [-0.39, 0.29) is 18.4 Å². The molecule has 3 nitrogen and oxygen atoms in total. The SMILES string of the molecule is CC(Cc1ccccc1F)NCC(=O)O. The first kappa shape index (κ1) is 11.7. The third kappa shape index (κ3) is 4.08. The molecule has 4 heteroatoms. The second kappa shape index (κ2) is 5.46. The zero-order valence-corrected chi connectivity index (χ0v) is 8.53. The molecule has 0 aliphatic rings. The Bertz CT molecular complexity index is 341. The molecule has 82 valence electrons. The highest BCUT2D eigenvalue weighted by atomic mass is 19.1. The molecular weight excluding hydrogens is 197 g/mol. The fourth-order valence-electron chi connectivity index (χ4n) is 1.33. The zero-order chi connectivity index (χ0) is 11.3. The minimum absolute atomic E-state index is 0.0574. The lowest BCUT2D eigenvalue weighted by Gasteiger charge is -2.12. The maximum absolute atomic E-state index is 13.2. The Morgan fingerprint density at radius 3 is 2.80 bits per heavy atom. The Labute approximate surface area is 87.9 Å². The molecule has 1 atom stereocenters. The van der Waals surface area contributed by atoms with E-state index in [1.165, 1.54) is 6.07 Å². The van der Waals surface area contributed by atoms with E-state index in [9.17, 15) is 9.18 Å². The average Bonchev–Trinajstić information content (AvgIpc) is 2.18. The van der Waals surface area contributed by atoms with Crippen molar-refractivity contribution >= 4 is 5.97 Å². The molecule has 15 heavy (non-hydrogen) atoms. The summed E-state index contributed by atoms with van der Waals surface area (Å²) in [5.74, 6) is -1.16. The predicted molar refractivity (Wildman–Crippen MR) is 55.2 cm³/mol. The van der Waals surface area contributed by atoms with Crippen molar-refractivity contribution in [3.63, 3.8) is 0 Å². The van der Waals surface area contributed by atoms with Gasteiger partial charge in [-0.2, -0.15) is 0 Å². The molecule has 0 spiro atoms. The molecule has 0 aliphatic heterocycles. The Morgan fingerprint density at radius 1 is 1.53 bits per heavy atom. The van der Waals surface area contributed by atoms with Crippen LogP contribution in [0.1, 0.15) is 12.5 Å². The van der Waals surface area contributed by atoms with Crippen molar-refractivity contribution in [2.45, 2.75) is 19.4 Å². The number of benzene rings is 1. The van der Waals surface area contributed by atoms with Gasteiger partial charge in [-0.05, 0) is 25.0 Å². The molecule has 0 saturated carbocycles. The molecule has 1 aromatic carbocycles. The van der Waals surface area contributed by atoms with Gasteiger partial charge in [0.25, 0.3) is 0 Å². The number of rotatable bonds is 5. The second-order valence-electron chi connectivity index (χ2n) is 3.47. The number of aliphatic carboxylic acids is 1. The Balaban J connectivity index is 2.47. The van der Waals surface area contributed by atoms with E-state index in [0.717, 1.165) is 0 Å². The Morgan fingerprint density at radius 2 is 2.20 bits per heavy atom. The molecule has 0 radical (unpaired) electrons. The summed E-state index contributed by atoms with van der Waals surface area (Å²) >= 11 is 0. The highest BCUT2D eigenvalue weighted by Gasteiger charge is 2.07. The van der Waals surface area contributed by atoms with E-state index in [1.807, 2.05) is 6.92 Å². The van der Waals surface area contributed by atoms with Gasteiger partial charge in [-0.15, -0.1) is 0 Å². The van der Waals surface area contributed by atoms with Crippen LogP contribution in [0.25, 0.3) is 0 Å². The van der Waals surface area contributed by atoms with Gasteiger partial charge in [0.1, 0.15) is 5.82 Å². The molecule has 0 aromatic heterocycles. The van der Waals surface area contributed by atoms with Crippen LogP contribution in [0, 0.1) is 5.82 Å². The monoisotopic (exact) mass is 211 g/mol. The first-order chi connectivity index (χ1) is 7.09. The smallest absolute Gasteiger partial charge is 0.317 e. The van der Waals surface area contributed by atoms with Gasteiger partial charge in [0, 0.05) is 6.04 Å². The van der Waals surface area contributed by atoms with Crippen LogP contribution >= 0.6 is 0 Å². The summed E-state index contributed by atoms with van der Waals surface area (Å²) in [6, 6.07) is 6.45. The maximum atomic E-state index is 13.2. The molecule has 0 saturated heterocycles. The first-order valence-corrected chi connectivity index (χ1v) is 4.78. The van der Waals surface area contributed by atoms with Crippen molar-refractivity contribution in [2.75, 3.05) is 6.54 Å². The van der Waals surface area contributed by atoms with Crippen molar-refractivity contribution in [3.05, 3.63) is 35.6 Å². The van der Waals surface area contributed by atoms with Gasteiger partial charge in [-0.3, -0.25) is 4.79 Å². The van der Waals surface area contributed by atoms with Crippen molar-refractivity contribution in [1.82, 2.24) is 5.32 Å². The summed E-state index contributed by atoms with van der Waals surface area (Å²) in [6.07, 6.45) is 0.486. The lowest BCUT2D eigenvalue weighted by molar-refractivity contribution is -0.136. The van der Waals surface area contributed by atoms with Crippen molar-refractivity contribution < 1.29 is 14.3 Å². The van der Waals surface area contributed by atoms with Gasteiger partial charge < -0.3 is 10.4 Å². The van der Waals surface area contributed by atoms with Crippen LogP contribution in [0.5, 0.6) is 0 Å². The van der Waals surface area contributed by atoms with Crippen LogP contribution in [0.4, 0.5) is 4.39 Å². The van der Waals surface area contributed by atoms with Crippen LogP contribution in [0.3, 0.4) is 0 Å². The number of carbonyl (C=O) groups is 1. The van der Waals surface area contributed by atoms with E-state index >= 15 is 0 Å². The minimum Gasteiger partial charge on any atom is -0.480 e. The minimum atomic E-state index is -0.907. The summed E-state index contributed by atoms with van der Waals surface area (Å²) in [5.41, 5.74) is 0.600. The quantitative estimate of drug-likeness (QED) is 0.774. The number of hydrogen-bond acceptors (Lipinski definition) is 2. The first-order valence-electron chi connectivity index (χ1n) is 4.78. The summed E-state index contributed by atoms with van der Waals surface area (Å²) in [6.45, 7) is 1.73. The molecule has 0 bridgehead atoms. The van der Waals surface area contributed by atoms with Gasteiger partial charge in [0.2, 0.25) is 0 Å². The van der Waals surface area contributed by atoms with Gasteiger partial charge in [-0.25, -0.2) is 4.39 Å². The summed E-state index contributed by atoms with van der Waals surface area (Å²) < 4.78 is 13.2. The molecule has 0 fully saturated rings. The van der Waals surface area contributed by atoms with Crippen LogP contribution < -0.4 is 5.32 Å². The number of carboxylic acids is 1. The molecule has 0 aliphatic carbocycles. The Kier molecular flexibility index (Phi) is 4.24. The van der Waals surface area contributed by atoms with Gasteiger partial charge in [-0.1, -0.05) is 18.2 Å². The highest BCUT2D eigenvalue weighted by molar-refractivity contribution is 5.69. The molecule has 0 heterocycles. The third-order valence-electron chi connectivity index (χ3n) is 2.09. The van der Waals surface area contributed by atoms with E-state index in [1.54, 1.807) is 18.2 Å². The van der Waals surface area contributed by atoms with Gasteiger partial charge in [0.05, 0.1) is 6.54 Å². The maximum Gasteiger partial charge on any atom is 0.317 e. The van der Waals surface area contributed by atoms with Gasteiger partial charge >= 0.3 is 5.97 Å². The van der Waals surface area contributed by atoms with Crippen LogP contribution in [-0.2, 0) is 11.2 Å². The topological polar surface area (TPSA) is 49.3 Å². The largest absolute Gasteiger partial charge is 0.480 e. The van der Waals surface area contributed by atoms with Crippen LogP contribution in [0.2, 0.25) is 0 Å². The number of nitrogens with one attached hydrogen (secondary N) is 1. The average molecular weight is 211 g/mol. The standard InChI is InChI=1S/C11H14FNO2/c1-8(13-7-11(14)15)6-9-4-2-3-5-10(9)12/h2-5,8,13H,6-7H2,1H3,(H,14,15). The third-order valence-corrected chi connectivity index (χ3v) is 2.09. The van der Waals surface area contributed by atoms with Crippen LogP contribution in [-0.4, -0.2) is 23.7 Å². The van der Waals surface area contributed by atoms with E-state index < -0.39 is 5.97 Å². The molecular formula is C11H14FNO2. The summed E-state index contributed by atoms with van der Waals surface area (Å²) in [4.78, 5) is 10.3. The number of halogens is 1. The number of carboxylic acid groups (broad SMARTS) is 1. The van der Waals surface area contributed by atoms with E-state index in [0.29, 0.717) is 12.0 Å². The normalized spacial score (nSPS) is 12.4. The molecule has 1 rings (SSSR count). The fraction of sp³-hybridized carbons (Fsp3) is 0.364. The summed E-state index contributed by atoms with van der Waals surface area (Å²) in [5, 5.41) is 11.2. The molecule has 1 unspecified atom stereocenters.